The fourth-order valence-electron chi connectivity index (χ4n) is 4.04. The smallest absolute Gasteiger partial charge is 0.338 e. The lowest BCUT2D eigenvalue weighted by molar-refractivity contribution is -0.255. The lowest BCUT2D eigenvalue weighted by Crippen LogP contribution is -2.39. The van der Waals surface area contributed by atoms with E-state index in [0.717, 1.165) is 11.1 Å². The van der Waals surface area contributed by atoms with Crippen molar-refractivity contribution in [2.45, 2.75) is 39.7 Å². The monoisotopic (exact) mass is 489 g/mol. The minimum Gasteiger partial charge on any atom is -0.545 e. The van der Waals surface area contributed by atoms with E-state index in [4.69, 9.17) is 4.74 Å². The highest BCUT2D eigenvalue weighted by atomic mass is 32.1. The Kier molecular flexibility index (Phi) is 6.84. The molecule has 1 aromatic heterocycles. The van der Waals surface area contributed by atoms with Crippen LogP contribution in [0, 0.1) is 0 Å². The molecule has 3 aromatic rings. The maximum atomic E-state index is 13.6. The molecule has 180 valence electrons. The normalized spacial score (nSPS) is 15.7. The zero-order valence-electron chi connectivity index (χ0n) is 19.9. The van der Waals surface area contributed by atoms with E-state index in [1.165, 1.54) is 28.0 Å². The summed E-state index contributed by atoms with van der Waals surface area (Å²) < 4.78 is 7.28. The molecule has 0 saturated carbocycles. The number of allylic oxidation sites excluding steroid dienone is 1. The highest BCUT2D eigenvalue weighted by Gasteiger charge is 2.33. The van der Waals surface area contributed by atoms with Gasteiger partial charge in [0, 0.05) is 0 Å². The summed E-state index contributed by atoms with van der Waals surface area (Å²) in [6, 6.07) is 13.3. The molecule has 0 aliphatic carbocycles. The van der Waals surface area contributed by atoms with Gasteiger partial charge in [0.25, 0.3) is 5.56 Å². The number of carboxylic acid groups (broad SMARTS) is 1. The van der Waals surface area contributed by atoms with E-state index in [9.17, 15) is 19.5 Å². The van der Waals surface area contributed by atoms with Crippen LogP contribution in [-0.4, -0.2) is 23.1 Å². The average molecular weight is 490 g/mol. The van der Waals surface area contributed by atoms with Gasteiger partial charge in [-0.2, -0.15) is 0 Å². The highest BCUT2D eigenvalue weighted by molar-refractivity contribution is 7.07. The first-order valence-corrected chi connectivity index (χ1v) is 12.1. The molecular formula is C27H25N2O5S-. The quantitative estimate of drug-likeness (QED) is 0.495. The van der Waals surface area contributed by atoms with Gasteiger partial charge in [-0.1, -0.05) is 73.7 Å². The van der Waals surface area contributed by atoms with Crippen LogP contribution in [0.15, 0.2) is 69.6 Å². The Morgan fingerprint density at radius 2 is 1.80 bits per heavy atom. The third-order valence-electron chi connectivity index (χ3n) is 5.88. The van der Waals surface area contributed by atoms with E-state index in [1.807, 2.05) is 24.3 Å². The zero-order valence-corrected chi connectivity index (χ0v) is 20.7. The second kappa shape index (κ2) is 9.84. The van der Waals surface area contributed by atoms with Crippen LogP contribution in [-0.2, 0) is 9.53 Å². The third-order valence-corrected chi connectivity index (χ3v) is 6.86. The zero-order chi connectivity index (χ0) is 25.3. The van der Waals surface area contributed by atoms with E-state index >= 15 is 0 Å². The van der Waals surface area contributed by atoms with E-state index < -0.39 is 18.0 Å². The number of nitrogens with zero attached hydrogens (tertiary/aromatic N) is 2. The van der Waals surface area contributed by atoms with E-state index in [2.05, 4.69) is 18.8 Å². The van der Waals surface area contributed by atoms with Crippen LogP contribution in [0.3, 0.4) is 0 Å². The number of carboxylic acids is 1. The number of carbonyl (C=O) groups is 2. The maximum absolute atomic E-state index is 13.6. The van der Waals surface area contributed by atoms with Crippen molar-refractivity contribution in [3.8, 4) is 0 Å². The molecule has 0 amide bonds. The summed E-state index contributed by atoms with van der Waals surface area (Å²) in [5.74, 6) is -1.42. The molecular weight excluding hydrogens is 464 g/mol. The molecule has 35 heavy (non-hydrogen) atoms. The average Bonchev–Trinajstić information content (AvgIpc) is 3.13. The van der Waals surface area contributed by atoms with Gasteiger partial charge in [0.2, 0.25) is 0 Å². The molecule has 8 heteroatoms. The Bertz CT molecular complexity index is 1490. The van der Waals surface area contributed by atoms with Crippen molar-refractivity contribution in [1.82, 2.24) is 4.57 Å². The second-order valence-corrected chi connectivity index (χ2v) is 9.54. The Morgan fingerprint density at radius 3 is 2.37 bits per heavy atom. The van der Waals surface area contributed by atoms with Gasteiger partial charge in [0.15, 0.2) is 4.80 Å². The number of aromatic nitrogens is 1. The number of thiazole rings is 1. The topological polar surface area (TPSA) is 101 Å². The molecule has 1 aliphatic rings. The number of hydrogen-bond donors (Lipinski definition) is 0. The summed E-state index contributed by atoms with van der Waals surface area (Å²) in [6.07, 6.45) is 1.69. The van der Waals surface area contributed by atoms with Gasteiger partial charge in [0.1, 0.15) is 0 Å². The number of esters is 1. The van der Waals surface area contributed by atoms with Crippen molar-refractivity contribution in [1.29, 1.82) is 0 Å². The number of ether oxygens (including phenoxy) is 1. The molecule has 7 nitrogen and oxygen atoms in total. The third kappa shape index (κ3) is 4.74. The number of fused-ring (bicyclic) bond motifs is 1. The molecule has 0 saturated heterocycles. The number of carbonyl (C=O) groups excluding carboxylic acids is 2. The molecule has 1 aliphatic heterocycles. The Labute approximate surface area is 206 Å². The second-order valence-electron chi connectivity index (χ2n) is 8.53. The Balaban J connectivity index is 1.89. The summed E-state index contributed by atoms with van der Waals surface area (Å²) in [4.78, 5) is 42.6. The Morgan fingerprint density at radius 1 is 1.14 bits per heavy atom. The van der Waals surface area contributed by atoms with Crippen molar-refractivity contribution in [2.75, 3.05) is 6.61 Å². The van der Waals surface area contributed by atoms with Crippen LogP contribution < -0.4 is 20.0 Å². The van der Waals surface area contributed by atoms with Gasteiger partial charge in [-0.15, -0.1) is 0 Å². The molecule has 2 heterocycles. The van der Waals surface area contributed by atoms with Crippen LogP contribution in [0.5, 0.6) is 0 Å². The van der Waals surface area contributed by atoms with Crippen LogP contribution in [0.4, 0.5) is 0 Å². The molecule has 0 unspecified atom stereocenters. The van der Waals surface area contributed by atoms with Gasteiger partial charge in [-0.05, 0) is 48.1 Å². The molecule has 0 N–H and O–H groups in total. The highest BCUT2D eigenvalue weighted by Crippen LogP contribution is 2.31. The first-order chi connectivity index (χ1) is 16.7. The van der Waals surface area contributed by atoms with Gasteiger partial charge in [-0.3, -0.25) is 9.36 Å². The van der Waals surface area contributed by atoms with Gasteiger partial charge >= 0.3 is 5.97 Å². The molecule has 0 bridgehead atoms. The largest absolute Gasteiger partial charge is 0.545 e. The summed E-state index contributed by atoms with van der Waals surface area (Å²) >= 11 is 1.22. The molecule has 2 aromatic carbocycles. The fraction of sp³-hybridized carbons (Fsp3) is 0.259. The Hall–Kier alpha value is -3.78. The lowest BCUT2D eigenvalue weighted by atomic mass is 9.93. The summed E-state index contributed by atoms with van der Waals surface area (Å²) in [6.45, 7) is 7.90. The molecule has 0 fully saturated rings. The predicted octanol–water partition coefficient (Wildman–Crippen LogP) is 2.29. The van der Waals surface area contributed by atoms with Crippen molar-refractivity contribution in [3.63, 3.8) is 0 Å². The van der Waals surface area contributed by atoms with Gasteiger partial charge in [0.05, 0.1) is 34.4 Å². The summed E-state index contributed by atoms with van der Waals surface area (Å²) in [5, 5.41) is 11.0. The predicted molar refractivity (Wildman–Crippen MR) is 132 cm³/mol. The van der Waals surface area contributed by atoms with Crippen LogP contribution >= 0.6 is 11.3 Å². The van der Waals surface area contributed by atoms with E-state index in [1.54, 1.807) is 32.1 Å². The van der Waals surface area contributed by atoms with E-state index in [-0.39, 0.29) is 17.7 Å². The van der Waals surface area contributed by atoms with Crippen molar-refractivity contribution >= 4 is 29.4 Å². The summed E-state index contributed by atoms with van der Waals surface area (Å²) in [5.41, 5.74) is 3.22. The van der Waals surface area contributed by atoms with Gasteiger partial charge < -0.3 is 14.6 Å². The van der Waals surface area contributed by atoms with Crippen LogP contribution in [0.25, 0.3) is 6.08 Å². The fourth-order valence-corrected chi connectivity index (χ4v) is 5.08. The minimum atomic E-state index is -1.26. The first-order valence-electron chi connectivity index (χ1n) is 11.3. The number of hydrogen-bond acceptors (Lipinski definition) is 7. The van der Waals surface area contributed by atoms with E-state index in [0.29, 0.717) is 32.1 Å². The first kappa shape index (κ1) is 24.3. The molecule has 0 spiro atoms. The minimum absolute atomic E-state index is 0.0585. The standard InChI is InChI=1S/C27H26N2O5S/c1-5-34-26(33)22-16(4)28-27-29(23(22)19-12-10-18(11-13-19)15(2)3)24(30)21(35-27)14-17-6-8-20(9-7-17)25(31)32/h6-15,23H,5H2,1-4H3,(H,31,32)/p-1/b21-14-/t23-/m1/s1. The molecule has 1 atom stereocenters. The summed E-state index contributed by atoms with van der Waals surface area (Å²) in [7, 11) is 0. The maximum Gasteiger partial charge on any atom is 0.338 e. The number of aromatic carboxylic acids is 1. The van der Waals surface area contributed by atoms with Gasteiger partial charge in [-0.25, -0.2) is 9.79 Å². The number of rotatable bonds is 6. The molecule has 4 rings (SSSR count). The lowest BCUT2D eigenvalue weighted by Gasteiger charge is -2.25. The molecule has 0 radical (unpaired) electrons. The van der Waals surface area contributed by atoms with Crippen LogP contribution in [0.1, 0.15) is 66.7 Å². The SMILES string of the molecule is CCOC(=O)C1=C(C)N=c2s/c(=C\c3ccc(C(=O)[O-])cc3)c(=O)n2[C@@H]1c1ccc(C(C)C)cc1. The van der Waals surface area contributed by atoms with Crippen molar-refractivity contribution in [3.05, 3.63) is 102 Å². The van der Waals surface area contributed by atoms with Crippen LogP contribution in [0.2, 0.25) is 0 Å². The van der Waals surface area contributed by atoms with Crippen molar-refractivity contribution < 1.29 is 19.4 Å². The van der Waals surface area contributed by atoms with Crippen molar-refractivity contribution in [2.24, 2.45) is 4.99 Å². The number of benzene rings is 2.